The summed E-state index contributed by atoms with van der Waals surface area (Å²) < 4.78 is 0. The van der Waals surface area contributed by atoms with Crippen LogP contribution in [0.3, 0.4) is 0 Å². The van der Waals surface area contributed by atoms with Crippen LogP contribution in [0.2, 0.25) is 0 Å². The van der Waals surface area contributed by atoms with E-state index in [0.29, 0.717) is 11.4 Å². The van der Waals surface area contributed by atoms with Crippen LogP contribution in [0.4, 0.5) is 11.4 Å². The molecule has 0 N–H and O–H groups in total. The van der Waals surface area contributed by atoms with Gasteiger partial charge in [0.2, 0.25) is 0 Å². The molecule has 0 saturated carbocycles. The second kappa shape index (κ2) is 8.44. The fourth-order valence-electron chi connectivity index (χ4n) is 2.91. The minimum Gasteiger partial charge on any atom is -0.378 e. The van der Waals surface area contributed by atoms with E-state index in [0.717, 1.165) is 28.5 Å². The monoisotopic (exact) mass is 379 g/mol. The molecule has 1 aliphatic rings. The number of rotatable bonds is 5. The third-order valence-corrected chi connectivity index (χ3v) is 5.51. The minimum atomic E-state index is 0.0203. The first-order valence-electron chi connectivity index (χ1n) is 9.18. The van der Waals surface area contributed by atoms with Crippen molar-refractivity contribution in [2.75, 3.05) is 25.5 Å². The van der Waals surface area contributed by atoms with Crippen molar-refractivity contribution in [3.05, 3.63) is 64.6 Å². The van der Waals surface area contributed by atoms with Gasteiger partial charge in [-0.1, -0.05) is 37.3 Å². The maximum Gasteiger partial charge on any atom is 0.266 e. The van der Waals surface area contributed by atoms with Crippen LogP contribution in [-0.2, 0) is 11.2 Å². The summed E-state index contributed by atoms with van der Waals surface area (Å²) in [5.74, 6) is 0.0203. The molecular formula is C22H25N3OS. The van der Waals surface area contributed by atoms with Gasteiger partial charge >= 0.3 is 0 Å². The van der Waals surface area contributed by atoms with E-state index in [9.17, 15) is 4.79 Å². The number of anilines is 1. The van der Waals surface area contributed by atoms with Gasteiger partial charge in [0.15, 0.2) is 5.17 Å². The fraction of sp³-hybridized carbons (Fsp3) is 0.273. The van der Waals surface area contributed by atoms with Crippen LogP contribution in [0.25, 0.3) is 6.08 Å². The highest BCUT2D eigenvalue weighted by molar-refractivity contribution is 8.18. The molecular weight excluding hydrogens is 354 g/mol. The Balaban J connectivity index is 1.91. The van der Waals surface area contributed by atoms with Crippen LogP contribution in [-0.4, -0.2) is 36.6 Å². The summed E-state index contributed by atoms with van der Waals surface area (Å²) in [5.41, 5.74) is 4.27. The molecule has 1 aliphatic heterocycles. The number of nitrogens with zero attached hydrogens (tertiary/aromatic N) is 3. The Morgan fingerprint density at radius 2 is 1.78 bits per heavy atom. The molecule has 0 aliphatic carbocycles. The van der Waals surface area contributed by atoms with Gasteiger partial charge < -0.3 is 4.90 Å². The molecule has 1 fully saturated rings. The lowest BCUT2D eigenvalue weighted by Crippen LogP contribution is -2.28. The first kappa shape index (κ1) is 19.2. The number of hydrogen-bond donors (Lipinski definition) is 0. The number of amides is 1. The fourth-order valence-corrected chi connectivity index (χ4v) is 3.97. The summed E-state index contributed by atoms with van der Waals surface area (Å²) in [6, 6.07) is 16.3. The highest BCUT2D eigenvalue weighted by Gasteiger charge is 2.32. The Hall–Kier alpha value is -2.53. The third-order valence-electron chi connectivity index (χ3n) is 4.50. The molecule has 5 heteroatoms. The van der Waals surface area contributed by atoms with Crippen molar-refractivity contribution < 1.29 is 4.79 Å². The largest absolute Gasteiger partial charge is 0.378 e. The second-order valence-corrected chi connectivity index (χ2v) is 7.53. The predicted molar refractivity (Wildman–Crippen MR) is 117 cm³/mol. The van der Waals surface area contributed by atoms with E-state index in [-0.39, 0.29) is 5.91 Å². The number of thioether (sulfide) groups is 1. The molecule has 3 rings (SSSR count). The van der Waals surface area contributed by atoms with Crippen molar-refractivity contribution in [2.24, 2.45) is 4.99 Å². The van der Waals surface area contributed by atoms with Gasteiger partial charge in [-0.25, -0.2) is 4.99 Å². The van der Waals surface area contributed by atoms with Gasteiger partial charge in [-0.2, -0.15) is 0 Å². The summed E-state index contributed by atoms with van der Waals surface area (Å²) >= 11 is 1.45. The van der Waals surface area contributed by atoms with Gasteiger partial charge in [0, 0.05) is 26.3 Å². The molecule has 1 heterocycles. The summed E-state index contributed by atoms with van der Waals surface area (Å²) in [6.45, 7) is 4.71. The zero-order valence-corrected chi connectivity index (χ0v) is 17.1. The number of carbonyl (C=O) groups excluding carboxylic acids is 1. The standard InChI is InChI=1S/C22H25N3OS/c1-5-17-9-7-8-10-19(17)23-22-25(6-2)21(26)20(27-22)15-16-11-13-18(14-12-16)24(3)4/h7-15H,5-6H2,1-4H3/b20-15+,23-22?. The second-order valence-electron chi connectivity index (χ2n) is 6.52. The maximum absolute atomic E-state index is 12.8. The molecule has 0 atom stereocenters. The summed E-state index contributed by atoms with van der Waals surface area (Å²) in [7, 11) is 4.03. The molecule has 0 aromatic heterocycles. The zero-order chi connectivity index (χ0) is 19.4. The van der Waals surface area contributed by atoms with E-state index in [2.05, 4.69) is 30.0 Å². The van der Waals surface area contributed by atoms with Crippen LogP contribution in [0.5, 0.6) is 0 Å². The minimum absolute atomic E-state index is 0.0203. The Kier molecular flexibility index (Phi) is 6.01. The van der Waals surface area contributed by atoms with Crippen molar-refractivity contribution >= 4 is 40.3 Å². The molecule has 1 saturated heterocycles. The molecule has 140 valence electrons. The zero-order valence-electron chi connectivity index (χ0n) is 16.3. The number of amidine groups is 1. The Morgan fingerprint density at radius 3 is 2.41 bits per heavy atom. The molecule has 0 spiro atoms. The van der Waals surface area contributed by atoms with E-state index in [1.54, 1.807) is 4.90 Å². The Morgan fingerprint density at radius 1 is 1.07 bits per heavy atom. The van der Waals surface area contributed by atoms with Gasteiger partial charge in [-0.3, -0.25) is 9.69 Å². The van der Waals surface area contributed by atoms with Crippen LogP contribution in [0.15, 0.2) is 58.4 Å². The van der Waals surface area contributed by atoms with Gasteiger partial charge in [0.05, 0.1) is 10.6 Å². The van der Waals surface area contributed by atoms with E-state index in [1.165, 1.54) is 17.3 Å². The van der Waals surface area contributed by atoms with Crippen LogP contribution in [0.1, 0.15) is 25.0 Å². The van der Waals surface area contributed by atoms with Crippen LogP contribution < -0.4 is 4.90 Å². The van der Waals surface area contributed by atoms with Gasteiger partial charge in [0.25, 0.3) is 5.91 Å². The average molecular weight is 380 g/mol. The lowest BCUT2D eigenvalue weighted by atomic mass is 10.1. The van der Waals surface area contributed by atoms with Crippen LogP contribution >= 0.6 is 11.8 Å². The van der Waals surface area contributed by atoms with Crippen LogP contribution in [0, 0.1) is 0 Å². The molecule has 0 unspecified atom stereocenters. The topological polar surface area (TPSA) is 35.9 Å². The van der Waals surface area contributed by atoms with E-state index in [1.807, 2.05) is 57.4 Å². The average Bonchev–Trinajstić information content (AvgIpc) is 2.97. The van der Waals surface area contributed by atoms with Gasteiger partial charge in [-0.05, 0) is 60.5 Å². The highest BCUT2D eigenvalue weighted by Crippen LogP contribution is 2.34. The van der Waals surface area contributed by atoms with Crippen molar-refractivity contribution in [3.63, 3.8) is 0 Å². The quantitative estimate of drug-likeness (QED) is 0.691. The van der Waals surface area contributed by atoms with Crippen molar-refractivity contribution in [1.82, 2.24) is 4.90 Å². The molecule has 4 nitrogen and oxygen atoms in total. The Labute approximate surface area is 165 Å². The molecule has 1 amide bonds. The predicted octanol–water partition coefficient (Wildman–Crippen LogP) is 4.94. The molecule has 2 aromatic rings. The van der Waals surface area contributed by atoms with Crippen molar-refractivity contribution in [2.45, 2.75) is 20.3 Å². The summed E-state index contributed by atoms with van der Waals surface area (Å²) in [5, 5.41) is 0.750. The summed E-state index contributed by atoms with van der Waals surface area (Å²) in [4.78, 5) is 22.1. The van der Waals surface area contributed by atoms with E-state index >= 15 is 0 Å². The first-order chi connectivity index (χ1) is 13.0. The maximum atomic E-state index is 12.8. The van der Waals surface area contributed by atoms with Crippen molar-refractivity contribution in [1.29, 1.82) is 0 Å². The molecule has 2 aromatic carbocycles. The lowest BCUT2D eigenvalue weighted by Gasteiger charge is -2.13. The van der Waals surface area contributed by atoms with E-state index in [4.69, 9.17) is 4.99 Å². The van der Waals surface area contributed by atoms with E-state index < -0.39 is 0 Å². The lowest BCUT2D eigenvalue weighted by molar-refractivity contribution is -0.122. The SMILES string of the molecule is CCc1ccccc1N=C1S/C(=C/c2ccc(N(C)C)cc2)C(=O)N1CC. The Bertz CT molecular complexity index is 885. The number of carbonyl (C=O) groups is 1. The van der Waals surface area contributed by atoms with Crippen molar-refractivity contribution in [3.8, 4) is 0 Å². The molecule has 0 bridgehead atoms. The summed E-state index contributed by atoms with van der Waals surface area (Å²) in [6.07, 6.45) is 2.86. The van der Waals surface area contributed by atoms with Gasteiger partial charge in [-0.15, -0.1) is 0 Å². The number of likely N-dealkylation sites (N-methyl/N-ethyl adjacent to an activating group) is 1. The number of benzene rings is 2. The number of para-hydroxylation sites is 1. The number of aryl methyl sites for hydroxylation is 1. The first-order valence-corrected chi connectivity index (χ1v) is 10.0. The van der Waals surface area contributed by atoms with Gasteiger partial charge in [0.1, 0.15) is 0 Å². The molecule has 0 radical (unpaired) electrons. The smallest absolute Gasteiger partial charge is 0.266 e. The number of hydrogen-bond acceptors (Lipinski definition) is 4. The normalized spacial score (nSPS) is 17.2. The molecule has 27 heavy (non-hydrogen) atoms. The highest BCUT2D eigenvalue weighted by atomic mass is 32.2. The third kappa shape index (κ3) is 4.25. The number of aliphatic imine (C=N–C) groups is 1.